The van der Waals surface area contributed by atoms with Gasteiger partial charge in [0.2, 0.25) is 0 Å². The third-order valence-corrected chi connectivity index (χ3v) is 3.54. The highest BCUT2D eigenvalue weighted by molar-refractivity contribution is 5.77. The molecule has 0 saturated heterocycles. The number of halogens is 2. The average Bonchev–Trinajstić information content (AvgIpc) is 2.62. The van der Waals surface area contributed by atoms with Gasteiger partial charge in [-0.15, -0.1) is 0 Å². The standard InChI is InChI=1S/C18H13F2N3O2/c1-11-13(10-24)9-22-17(23-11)12-5-6-16(25-18(19)20)14(8-12)15-4-2-3-7-21-15/h2-10,18H,1H3. The molecule has 2 heterocycles. The number of hydrogen-bond acceptors (Lipinski definition) is 5. The van der Waals surface area contributed by atoms with Gasteiger partial charge in [-0.1, -0.05) is 6.07 Å². The van der Waals surface area contributed by atoms with Gasteiger partial charge >= 0.3 is 6.61 Å². The van der Waals surface area contributed by atoms with Gasteiger partial charge in [0, 0.05) is 23.5 Å². The fourth-order valence-electron chi connectivity index (χ4n) is 2.32. The molecule has 5 nitrogen and oxygen atoms in total. The van der Waals surface area contributed by atoms with E-state index in [4.69, 9.17) is 0 Å². The largest absolute Gasteiger partial charge is 0.434 e. The first-order valence-corrected chi connectivity index (χ1v) is 7.38. The number of aryl methyl sites for hydroxylation is 1. The van der Waals surface area contributed by atoms with E-state index in [-0.39, 0.29) is 5.75 Å². The highest BCUT2D eigenvalue weighted by atomic mass is 19.3. The first kappa shape index (κ1) is 16.6. The topological polar surface area (TPSA) is 65.0 Å². The number of carbonyl (C=O) groups is 1. The van der Waals surface area contributed by atoms with E-state index in [1.165, 1.54) is 12.3 Å². The summed E-state index contributed by atoms with van der Waals surface area (Å²) in [6.45, 7) is -1.25. The fourth-order valence-corrected chi connectivity index (χ4v) is 2.32. The van der Waals surface area contributed by atoms with Crippen LogP contribution in [0.2, 0.25) is 0 Å². The number of hydrogen-bond donors (Lipinski definition) is 0. The lowest BCUT2D eigenvalue weighted by Gasteiger charge is -2.12. The molecule has 0 saturated carbocycles. The maximum absolute atomic E-state index is 12.7. The molecule has 7 heteroatoms. The Balaban J connectivity index is 2.10. The maximum atomic E-state index is 12.7. The lowest BCUT2D eigenvalue weighted by Crippen LogP contribution is -2.04. The lowest BCUT2D eigenvalue weighted by atomic mass is 10.1. The van der Waals surface area contributed by atoms with E-state index < -0.39 is 6.61 Å². The number of nitrogens with zero attached hydrogens (tertiary/aromatic N) is 3. The van der Waals surface area contributed by atoms with Gasteiger partial charge in [0.25, 0.3) is 0 Å². The first-order chi connectivity index (χ1) is 12.1. The molecule has 126 valence electrons. The molecule has 0 spiro atoms. The Morgan fingerprint density at radius 1 is 1.16 bits per heavy atom. The quantitative estimate of drug-likeness (QED) is 0.658. The monoisotopic (exact) mass is 341 g/mol. The summed E-state index contributed by atoms with van der Waals surface area (Å²) < 4.78 is 29.9. The molecular formula is C18H13F2N3O2. The van der Waals surface area contributed by atoms with Crippen LogP contribution in [0.1, 0.15) is 16.1 Å². The van der Waals surface area contributed by atoms with Gasteiger partial charge in [0.1, 0.15) is 5.75 Å². The normalized spacial score (nSPS) is 10.7. The van der Waals surface area contributed by atoms with Crippen molar-refractivity contribution in [3.8, 4) is 28.4 Å². The summed E-state index contributed by atoms with van der Waals surface area (Å²) in [5.74, 6) is 0.391. The minimum absolute atomic E-state index is 0.0127. The van der Waals surface area contributed by atoms with Crippen molar-refractivity contribution in [2.45, 2.75) is 13.5 Å². The number of aromatic nitrogens is 3. The van der Waals surface area contributed by atoms with Crippen LogP contribution in [-0.4, -0.2) is 27.8 Å². The van der Waals surface area contributed by atoms with E-state index in [9.17, 15) is 13.6 Å². The predicted molar refractivity (Wildman–Crippen MR) is 87.5 cm³/mol. The average molecular weight is 341 g/mol. The number of benzene rings is 1. The van der Waals surface area contributed by atoms with Crippen LogP contribution in [0, 0.1) is 6.92 Å². The van der Waals surface area contributed by atoms with Crippen LogP contribution in [0.5, 0.6) is 5.75 Å². The zero-order chi connectivity index (χ0) is 17.8. The van der Waals surface area contributed by atoms with Crippen LogP contribution in [0.15, 0.2) is 48.8 Å². The molecule has 0 unspecified atom stereocenters. The van der Waals surface area contributed by atoms with Crippen molar-refractivity contribution in [2.75, 3.05) is 0 Å². The highest BCUT2D eigenvalue weighted by Gasteiger charge is 2.15. The number of ether oxygens (including phenoxy) is 1. The molecule has 0 aliphatic rings. The van der Waals surface area contributed by atoms with Gasteiger partial charge in [-0.2, -0.15) is 8.78 Å². The predicted octanol–water partition coefficient (Wildman–Crippen LogP) is 3.93. The SMILES string of the molecule is Cc1nc(-c2ccc(OC(F)F)c(-c3ccccn3)c2)ncc1C=O. The van der Waals surface area contributed by atoms with Gasteiger partial charge in [-0.3, -0.25) is 9.78 Å². The summed E-state index contributed by atoms with van der Waals surface area (Å²) in [5, 5.41) is 0. The number of carbonyl (C=O) groups excluding carboxylic acids is 1. The molecule has 3 rings (SSSR count). The van der Waals surface area contributed by atoms with E-state index >= 15 is 0 Å². The second-order valence-corrected chi connectivity index (χ2v) is 5.16. The summed E-state index contributed by atoms with van der Waals surface area (Å²) in [6, 6.07) is 9.82. The van der Waals surface area contributed by atoms with Gasteiger partial charge in [-0.25, -0.2) is 9.97 Å². The molecule has 0 N–H and O–H groups in total. The molecule has 0 amide bonds. The Kier molecular flexibility index (Phi) is 4.74. The van der Waals surface area contributed by atoms with Crippen LogP contribution in [0.25, 0.3) is 22.6 Å². The second kappa shape index (κ2) is 7.12. The van der Waals surface area contributed by atoms with Crippen molar-refractivity contribution >= 4 is 6.29 Å². The molecule has 0 radical (unpaired) electrons. The zero-order valence-corrected chi connectivity index (χ0v) is 13.2. The molecule has 0 aliphatic heterocycles. The van der Waals surface area contributed by atoms with Crippen molar-refractivity contribution in [1.82, 2.24) is 15.0 Å². The number of pyridine rings is 1. The van der Waals surface area contributed by atoms with Crippen molar-refractivity contribution in [2.24, 2.45) is 0 Å². The molecule has 0 fully saturated rings. The minimum Gasteiger partial charge on any atom is -0.434 e. The van der Waals surface area contributed by atoms with Crippen LogP contribution in [0.3, 0.4) is 0 Å². The summed E-state index contributed by atoms with van der Waals surface area (Å²) in [6.07, 6.45) is 3.67. The lowest BCUT2D eigenvalue weighted by molar-refractivity contribution is -0.0494. The van der Waals surface area contributed by atoms with Crippen molar-refractivity contribution in [3.63, 3.8) is 0 Å². The third kappa shape index (κ3) is 3.65. The Morgan fingerprint density at radius 2 is 2.00 bits per heavy atom. The van der Waals surface area contributed by atoms with E-state index in [1.54, 1.807) is 43.5 Å². The van der Waals surface area contributed by atoms with Crippen molar-refractivity contribution < 1.29 is 18.3 Å². The molecule has 0 aliphatic carbocycles. The van der Waals surface area contributed by atoms with E-state index in [2.05, 4.69) is 19.7 Å². The molecule has 2 aromatic heterocycles. The molecule has 25 heavy (non-hydrogen) atoms. The van der Waals surface area contributed by atoms with Gasteiger partial charge < -0.3 is 4.74 Å². The first-order valence-electron chi connectivity index (χ1n) is 7.38. The summed E-state index contributed by atoms with van der Waals surface area (Å²) in [7, 11) is 0. The Labute approximate surface area is 142 Å². The summed E-state index contributed by atoms with van der Waals surface area (Å²) >= 11 is 0. The molecule has 3 aromatic rings. The minimum atomic E-state index is -2.95. The summed E-state index contributed by atoms with van der Waals surface area (Å²) in [4.78, 5) is 23.5. The highest BCUT2D eigenvalue weighted by Crippen LogP contribution is 2.33. The van der Waals surface area contributed by atoms with Crippen molar-refractivity contribution in [1.29, 1.82) is 0 Å². The third-order valence-electron chi connectivity index (χ3n) is 3.54. The molecule has 1 aromatic carbocycles. The fraction of sp³-hybridized carbons (Fsp3) is 0.111. The van der Waals surface area contributed by atoms with Gasteiger partial charge in [0.05, 0.1) is 17.0 Å². The molecular weight excluding hydrogens is 328 g/mol. The number of alkyl halides is 2. The van der Waals surface area contributed by atoms with E-state index in [1.807, 2.05) is 0 Å². The van der Waals surface area contributed by atoms with Crippen LogP contribution in [0.4, 0.5) is 8.78 Å². The molecule has 0 bridgehead atoms. The second-order valence-electron chi connectivity index (χ2n) is 5.16. The number of rotatable bonds is 5. The Hall–Kier alpha value is -3.22. The van der Waals surface area contributed by atoms with E-state index in [0.717, 1.165) is 0 Å². The Morgan fingerprint density at radius 3 is 2.64 bits per heavy atom. The summed E-state index contributed by atoms with van der Waals surface area (Å²) in [5.41, 5.74) is 2.42. The van der Waals surface area contributed by atoms with Crippen LogP contribution >= 0.6 is 0 Å². The van der Waals surface area contributed by atoms with E-state index in [0.29, 0.717) is 40.2 Å². The zero-order valence-electron chi connectivity index (χ0n) is 13.2. The Bertz CT molecular complexity index is 902. The number of aldehydes is 1. The van der Waals surface area contributed by atoms with Gasteiger partial charge in [-0.05, 0) is 37.3 Å². The smallest absolute Gasteiger partial charge is 0.387 e. The van der Waals surface area contributed by atoms with Crippen LogP contribution in [-0.2, 0) is 0 Å². The molecule has 0 atom stereocenters. The van der Waals surface area contributed by atoms with Crippen molar-refractivity contribution in [3.05, 3.63) is 60.0 Å². The van der Waals surface area contributed by atoms with Gasteiger partial charge in [0.15, 0.2) is 12.1 Å². The van der Waals surface area contributed by atoms with Crippen LogP contribution < -0.4 is 4.74 Å². The maximum Gasteiger partial charge on any atom is 0.387 e.